The Labute approximate surface area is 135 Å². The van der Waals surface area contributed by atoms with Gasteiger partial charge in [-0.05, 0) is 37.9 Å². The Balaban J connectivity index is 1.89. The number of aliphatic hydroxyl groups is 2. The lowest BCUT2D eigenvalue weighted by Crippen LogP contribution is -2.67. The van der Waals surface area contributed by atoms with E-state index < -0.39 is 29.6 Å². The monoisotopic (exact) mass is 420 g/mol. The topological polar surface area (TPSA) is 116 Å². The first-order valence-electron chi connectivity index (χ1n) is 6.19. The molecule has 4 rings (SSSR count). The van der Waals surface area contributed by atoms with Crippen LogP contribution in [0.3, 0.4) is 0 Å². The Hall–Kier alpha value is -1.10. The van der Waals surface area contributed by atoms with Gasteiger partial charge in [-0.3, -0.25) is 4.79 Å². The van der Waals surface area contributed by atoms with Crippen LogP contribution < -0.4 is 16.0 Å². The van der Waals surface area contributed by atoms with E-state index in [-0.39, 0.29) is 12.3 Å². The van der Waals surface area contributed by atoms with Gasteiger partial charge in [0.1, 0.15) is 11.7 Å². The van der Waals surface area contributed by atoms with Gasteiger partial charge in [-0.2, -0.15) is 0 Å². The first-order valence-corrected chi connectivity index (χ1v) is 7.77. The Morgan fingerprint density at radius 2 is 2.00 bits per heavy atom. The first kappa shape index (κ1) is 13.6. The number of halogens is 2. The maximum atomic E-state index is 12.2. The molecule has 0 radical (unpaired) electrons. The van der Waals surface area contributed by atoms with Crippen LogP contribution in [0.4, 0.5) is 4.79 Å². The maximum absolute atomic E-state index is 12.2. The van der Waals surface area contributed by atoms with E-state index in [1.165, 1.54) is 0 Å². The van der Waals surface area contributed by atoms with Crippen molar-refractivity contribution in [1.82, 2.24) is 20.5 Å². The third-order valence-corrected chi connectivity index (χ3v) is 6.32. The number of fused-ring (bicyclic) bond motifs is 5. The SMILES string of the molecule is O=C1N[C@]2(O)C[C@@H]3[C@@H](NC(=O)c4cc(Br)c(Br)n43)[C@]2(O)N1. The fourth-order valence-electron chi connectivity index (χ4n) is 3.46. The molecule has 0 aromatic carbocycles. The van der Waals surface area contributed by atoms with Crippen molar-refractivity contribution in [2.75, 3.05) is 0 Å². The number of urea groups is 1. The quantitative estimate of drug-likeness (QED) is 0.397. The molecule has 3 amide bonds. The van der Waals surface area contributed by atoms with E-state index >= 15 is 0 Å². The highest BCUT2D eigenvalue weighted by molar-refractivity contribution is 9.13. The van der Waals surface area contributed by atoms with Crippen LogP contribution in [-0.4, -0.2) is 44.2 Å². The van der Waals surface area contributed by atoms with Gasteiger partial charge in [-0.25, -0.2) is 4.79 Å². The summed E-state index contributed by atoms with van der Waals surface area (Å²) in [6, 6.07) is -0.283. The molecule has 8 nitrogen and oxygen atoms in total. The minimum absolute atomic E-state index is 0.0555. The summed E-state index contributed by atoms with van der Waals surface area (Å²) in [5.74, 6) is -0.388. The van der Waals surface area contributed by atoms with Crippen molar-refractivity contribution >= 4 is 43.8 Å². The summed E-state index contributed by atoms with van der Waals surface area (Å²) >= 11 is 6.73. The second kappa shape index (κ2) is 3.80. The van der Waals surface area contributed by atoms with E-state index in [1.807, 2.05) is 0 Å². The number of aromatic nitrogens is 1. The molecule has 1 saturated heterocycles. The second-order valence-electron chi connectivity index (χ2n) is 5.47. The van der Waals surface area contributed by atoms with E-state index in [0.717, 1.165) is 0 Å². The van der Waals surface area contributed by atoms with Crippen LogP contribution >= 0.6 is 31.9 Å². The fraction of sp³-hybridized carbons (Fsp3) is 0.455. The predicted molar refractivity (Wildman–Crippen MR) is 76.3 cm³/mol. The molecule has 1 aromatic rings. The van der Waals surface area contributed by atoms with E-state index in [2.05, 4.69) is 47.8 Å². The average molecular weight is 422 g/mol. The molecular formula is C11H10Br2N4O4. The Kier molecular flexibility index (Phi) is 2.46. The summed E-state index contributed by atoms with van der Waals surface area (Å²) in [7, 11) is 0. The molecule has 4 atom stereocenters. The van der Waals surface area contributed by atoms with Crippen LogP contribution in [0.15, 0.2) is 15.1 Å². The second-order valence-corrected chi connectivity index (χ2v) is 7.07. The lowest BCUT2D eigenvalue weighted by Gasteiger charge is -2.37. The highest BCUT2D eigenvalue weighted by Crippen LogP contribution is 2.49. The molecule has 1 saturated carbocycles. The highest BCUT2D eigenvalue weighted by atomic mass is 79.9. The van der Waals surface area contributed by atoms with Crippen molar-refractivity contribution in [1.29, 1.82) is 0 Å². The molecule has 112 valence electrons. The Morgan fingerprint density at radius 1 is 1.29 bits per heavy atom. The van der Waals surface area contributed by atoms with E-state index in [0.29, 0.717) is 14.8 Å². The normalized spacial score (nSPS) is 40.0. The maximum Gasteiger partial charge on any atom is 0.319 e. The molecule has 2 fully saturated rings. The van der Waals surface area contributed by atoms with Crippen LogP contribution in [-0.2, 0) is 0 Å². The van der Waals surface area contributed by atoms with Crippen molar-refractivity contribution in [3.63, 3.8) is 0 Å². The molecule has 0 unspecified atom stereocenters. The van der Waals surface area contributed by atoms with Gasteiger partial charge in [-0.1, -0.05) is 0 Å². The van der Waals surface area contributed by atoms with Crippen LogP contribution in [0.25, 0.3) is 0 Å². The summed E-state index contributed by atoms with van der Waals surface area (Å²) < 4.78 is 3.04. The van der Waals surface area contributed by atoms with Crippen molar-refractivity contribution in [3.8, 4) is 0 Å². The smallest absolute Gasteiger partial charge is 0.319 e. The van der Waals surface area contributed by atoms with Crippen LogP contribution in [0, 0.1) is 0 Å². The zero-order valence-corrected chi connectivity index (χ0v) is 13.5. The summed E-state index contributed by atoms with van der Waals surface area (Å²) in [5, 5.41) is 28.6. The number of nitrogens with zero attached hydrogens (tertiary/aromatic N) is 1. The molecule has 10 heteroatoms. The van der Waals surface area contributed by atoms with Gasteiger partial charge in [0.05, 0.1) is 15.1 Å². The number of carbonyl (C=O) groups is 2. The van der Waals surface area contributed by atoms with E-state index in [4.69, 9.17) is 0 Å². The molecule has 3 aliphatic rings. The van der Waals surface area contributed by atoms with Gasteiger partial charge >= 0.3 is 6.03 Å². The van der Waals surface area contributed by atoms with E-state index in [1.54, 1.807) is 10.6 Å². The summed E-state index contributed by atoms with van der Waals surface area (Å²) in [6.45, 7) is 0. The third-order valence-electron chi connectivity index (χ3n) is 4.38. The van der Waals surface area contributed by atoms with Crippen molar-refractivity contribution < 1.29 is 19.8 Å². The highest BCUT2D eigenvalue weighted by Gasteiger charge is 2.70. The minimum Gasteiger partial charge on any atom is -0.367 e. The van der Waals surface area contributed by atoms with Crippen molar-refractivity contribution in [2.45, 2.75) is 30.0 Å². The van der Waals surface area contributed by atoms with E-state index in [9.17, 15) is 19.8 Å². The van der Waals surface area contributed by atoms with Gasteiger partial charge in [0, 0.05) is 6.42 Å². The van der Waals surface area contributed by atoms with Gasteiger partial charge in [0.15, 0.2) is 5.72 Å². The molecule has 21 heavy (non-hydrogen) atoms. The van der Waals surface area contributed by atoms with Crippen molar-refractivity contribution in [2.24, 2.45) is 0 Å². The molecule has 0 spiro atoms. The Bertz CT molecular complexity index is 707. The molecule has 1 aliphatic carbocycles. The summed E-state index contributed by atoms with van der Waals surface area (Å²) in [5.41, 5.74) is -3.39. The summed E-state index contributed by atoms with van der Waals surface area (Å²) in [4.78, 5) is 23.7. The number of hydrogen-bond donors (Lipinski definition) is 5. The molecule has 5 N–H and O–H groups in total. The third kappa shape index (κ3) is 1.46. The molecule has 3 heterocycles. The number of rotatable bonds is 0. The van der Waals surface area contributed by atoms with Gasteiger partial charge in [-0.15, -0.1) is 0 Å². The van der Waals surface area contributed by atoms with Crippen LogP contribution in [0.5, 0.6) is 0 Å². The zero-order valence-electron chi connectivity index (χ0n) is 10.4. The molecule has 1 aromatic heterocycles. The van der Waals surface area contributed by atoms with Crippen LogP contribution in [0.2, 0.25) is 0 Å². The minimum atomic E-state index is -1.96. The molecule has 2 aliphatic heterocycles. The molecular weight excluding hydrogens is 412 g/mol. The number of carbonyl (C=O) groups excluding carboxylic acids is 2. The average Bonchev–Trinajstić information content (AvgIpc) is 2.87. The van der Waals surface area contributed by atoms with Crippen molar-refractivity contribution in [3.05, 3.63) is 20.8 Å². The largest absolute Gasteiger partial charge is 0.367 e. The number of nitrogens with one attached hydrogen (secondary N) is 3. The first-order chi connectivity index (χ1) is 9.77. The Morgan fingerprint density at radius 3 is 2.71 bits per heavy atom. The lowest BCUT2D eigenvalue weighted by atomic mass is 10.0. The number of amides is 3. The van der Waals surface area contributed by atoms with Gasteiger partial charge in [0.25, 0.3) is 5.91 Å². The van der Waals surface area contributed by atoms with Gasteiger partial charge in [0.2, 0.25) is 5.72 Å². The predicted octanol–water partition coefficient (Wildman–Crippen LogP) is -0.240. The molecule has 0 bridgehead atoms. The van der Waals surface area contributed by atoms with Crippen LogP contribution in [0.1, 0.15) is 23.0 Å². The zero-order chi connectivity index (χ0) is 15.2. The summed E-state index contributed by atoms with van der Waals surface area (Å²) in [6.07, 6.45) is 0.0555. The van der Waals surface area contributed by atoms with Gasteiger partial charge < -0.3 is 30.7 Å². The lowest BCUT2D eigenvalue weighted by molar-refractivity contribution is -0.139. The number of hydrogen-bond acceptors (Lipinski definition) is 4. The fourth-order valence-corrected chi connectivity index (χ4v) is 4.43. The standard InChI is InChI=1S/C11H10Br2N4O4/c12-3-1-4-8(18)14-6-5(17(4)7(3)13)2-10(20)11(6,21)16-9(19)15-10/h1,5-6,20-21H,2H2,(H,14,18)(H2,15,16,19)/t5-,6-,10+,11-/m1/s1.